The molecule has 0 saturated carbocycles. The number of fused-ring (bicyclic) bond motifs is 1. The van der Waals surface area contributed by atoms with E-state index in [4.69, 9.17) is 4.42 Å². The van der Waals surface area contributed by atoms with Crippen LogP contribution in [0.4, 0.5) is 0 Å². The van der Waals surface area contributed by atoms with Crippen LogP contribution in [-0.4, -0.2) is 36.5 Å². The molecule has 2 heterocycles. The lowest BCUT2D eigenvalue weighted by Crippen LogP contribution is -2.46. The van der Waals surface area contributed by atoms with E-state index in [0.29, 0.717) is 11.8 Å². The van der Waals surface area contributed by atoms with Crippen LogP contribution in [0.25, 0.3) is 11.0 Å². The number of furan rings is 1. The number of aryl methyl sites for hydroxylation is 1. The number of benzene rings is 1. The van der Waals surface area contributed by atoms with Crippen molar-refractivity contribution in [2.75, 3.05) is 19.6 Å². The quantitative estimate of drug-likeness (QED) is 0.798. The molecule has 1 aromatic carbocycles. The molecule has 1 aliphatic rings. The fourth-order valence-electron chi connectivity index (χ4n) is 3.34. The fraction of sp³-hybridized carbons (Fsp3) is 0.500. The van der Waals surface area contributed by atoms with Gasteiger partial charge < -0.3 is 14.6 Å². The van der Waals surface area contributed by atoms with Crippen molar-refractivity contribution in [2.24, 2.45) is 0 Å². The number of halogens is 2. The third-order valence-electron chi connectivity index (χ3n) is 4.57. The number of piperidine rings is 1. The van der Waals surface area contributed by atoms with Crippen LogP contribution in [0.3, 0.4) is 0 Å². The van der Waals surface area contributed by atoms with Gasteiger partial charge in [-0.1, -0.05) is 22.9 Å². The van der Waals surface area contributed by atoms with Crippen molar-refractivity contribution >= 4 is 45.2 Å². The van der Waals surface area contributed by atoms with E-state index in [9.17, 15) is 4.79 Å². The standard InChI is InChI=1S/C18H23BrN2O2.ClH/c1-3-10-21(14-6-8-20-9-7-14)18(22)17-12(2)15-11-13(19)4-5-16(15)23-17;/h4-5,11,14,20H,3,6-10H2,1-2H3;1H. The van der Waals surface area contributed by atoms with Crippen LogP contribution in [0.2, 0.25) is 0 Å². The van der Waals surface area contributed by atoms with Gasteiger partial charge in [0.25, 0.3) is 5.91 Å². The Morgan fingerprint density at radius 2 is 2.08 bits per heavy atom. The monoisotopic (exact) mass is 414 g/mol. The van der Waals surface area contributed by atoms with Crippen molar-refractivity contribution < 1.29 is 9.21 Å². The van der Waals surface area contributed by atoms with Crippen LogP contribution < -0.4 is 5.32 Å². The molecule has 0 radical (unpaired) electrons. The fourth-order valence-corrected chi connectivity index (χ4v) is 3.70. The zero-order chi connectivity index (χ0) is 16.4. The summed E-state index contributed by atoms with van der Waals surface area (Å²) >= 11 is 3.49. The van der Waals surface area contributed by atoms with Gasteiger partial charge in [0, 0.05) is 28.0 Å². The average Bonchev–Trinajstić information content (AvgIpc) is 2.89. The molecule has 1 saturated heterocycles. The van der Waals surface area contributed by atoms with Crippen LogP contribution in [-0.2, 0) is 0 Å². The molecule has 1 amide bonds. The largest absolute Gasteiger partial charge is 0.451 e. The van der Waals surface area contributed by atoms with E-state index < -0.39 is 0 Å². The maximum Gasteiger partial charge on any atom is 0.290 e. The first-order valence-corrected chi connectivity index (χ1v) is 9.11. The van der Waals surface area contributed by atoms with E-state index in [1.54, 1.807) is 0 Å². The van der Waals surface area contributed by atoms with Crippen LogP contribution in [0.5, 0.6) is 0 Å². The molecular weight excluding hydrogens is 392 g/mol. The molecule has 1 N–H and O–H groups in total. The second-order valence-electron chi connectivity index (χ2n) is 6.18. The second-order valence-corrected chi connectivity index (χ2v) is 7.09. The van der Waals surface area contributed by atoms with Crippen molar-refractivity contribution in [3.05, 3.63) is 34.0 Å². The molecule has 132 valence electrons. The predicted octanol–water partition coefficient (Wildman–Crippen LogP) is 4.53. The number of rotatable bonds is 4. The lowest BCUT2D eigenvalue weighted by atomic mass is 10.0. The summed E-state index contributed by atoms with van der Waals surface area (Å²) in [6.45, 7) is 6.82. The maximum absolute atomic E-state index is 13.1. The van der Waals surface area contributed by atoms with Gasteiger partial charge in [0.2, 0.25) is 0 Å². The van der Waals surface area contributed by atoms with Gasteiger partial charge in [0.15, 0.2) is 5.76 Å². The third kappa shape index (κ3) is 3.79. The minimum Gasteiger partial charge on any atom is -0.451 e. The molecule has 0 bridgehead atoms. The number of hydrogen-bond donors (Lipinski definition) is 1. The topological polar surface area (TPSA) is 45.5 Å². The summed E-state index contributed by atoms with van der Waals surface area (Å²) in [6, 6.07) is 6.18. The summed E-state index contributed by atoms with van der Waals surface area (Å²) in [4.78, 5) is 15.1. The van der Waals surface area contributed by atoms with Crippen LogP contribution in [0.1, 0.15) is 42.3 Å². The molecule has 0 spiro atoms. The van der Waals surface area contributed by atoms with Crippen molar-refractivity contribution in [2.45, 2.75) is 39.2 Å². The molecule has 1 aliphatic heterocycles. The summed E-state index contributed by atoms with van der Waals surface area (Å²) in [7, 11) is 0. The molecule has 4 nitrogen and oxygen atoms in total. The van der Waals surface area contributed by atoms with E-state index in [0.717, 1.165) is 59.9 Å². The van der Waals surface area contributed by atoms with E-state index >= 15 is 0 Å². The number of carbonyl (C=O) groups is 1. The first kappa shape index (κ1) is 19.3. The molecule has 1 fully saturated rings. The Hall–Kier alpha value is -1.04. The SMILES string of the molecule is CCCN(C(=O)c1oc2ccc(Br)cc2c1C)C1CCNCC1.Cl. The van der Waals surface area contributed by atoms with E-state index in [2.05, 4.69) is 28.2 Å². The van der Waals surface area contributed by atoms with Gasteiger partial charge in [-0.15, -0.1) is 12.4 Å². The molecular formula is C18H24BrClN2O2. The highest BCUT2D eigenvalue weighted by atomic mass is 79.9. The highest BCUT2D eigenvalue weighted by molar-refractivity contribution is 9.10. The van der Waals surface area contributed by atoms with Crippen LogP contribution in [0.15, 0.2) is 27.1 Å². The normalized spacial score (nSPS) is 15.3. The highest BCUT2D eigenvalue weighted by Crippen LogP contribution is 2.29. The number of hydrogen-bond acceptors (Lipinski definition) is 3. The molecule has 1 aromatic heterocycles. The van der Waals surface area contributed by atoms with Crippen molar-refractivity contribution in [3.8, 4) is 0 Å². The summed E-state index contributed by atoms with van der Waals surface area (Å²) in [5.41, 5.74) is 1.71. The van der Waals surface area contributed by atoms with E-state index in [1.165, 1.54) is 0 Å². The van der Waals surface area contributed by atoms with Gasteiger partial charge in [-0.2, -0.15) is 0 Å². The number of amides is 1. The van der Waals surface area contributed by atoms with Crippen LogP contribution in [0, 0.1) is 6.92 Å². The van der Waals surface area contributed by atoms with Gasteiger partial charge in [-0.3, -0.25) is 4.79 Å². The molecule has 0 atom stereocenters. The molecule has 3 rings (SSSR count). The van der Waals surface area contributed by atoms with Gasteiger partial charge in [0.05, 0.1) is 0 Å². The van der Waals surface area contributed by atoms with E-state index in [1.807, 2.05) is 30.0 Å². The lowest BCUT2D eigenvalue weighted by molar-refractivity contribution is 0.0611. The number of carbonyl (C=O) groups excluding carboxylic acids is 1. The highest BCUT2D eigenvalue weighted by Gasteiger charge is 2.29. The lowest BCUT2D eigenvalue weighted by Gasteiger charge is -2.34. The number of nitrogens with one attached hydrogen (secondary N) is 1. The Labute approximate surface area is 157 Å². The Morgan fingerprint density at radius 3 is 2.75 bits per heavy atom. The van der Waals surface area contributed by atoms with Gasteiger partial charge in [-0.25, -0.2) is 0 Å². The van der Waals surface area contributed by atoms with Crippen molar-refractivity contribution in [1.29, 1.82) is 0 Å². The summed E-state index contributed by atoms with van der Waals surface area (Å²) in [5.74, 6) is 0.522. The first-order valence-electron chi connectivity index (χ1n) is 8.32. The van der Waals surface area contributed by atoms with Crippen molar-refractivity contribution in [3.63, 3.8) is 0 Å². The zero-order valence-electron chi connectivity index (χ0n) is 14.1. The molecule has 0 unspecified atom stereocenters. The van der Waals surface area contributed by atoms with Gasteiger partial charge in [0.1, 0.15) is 5.58 Å². The Morgan fingerprint density at radius 1 is 1.38 bits per heavy atom. The smallest absolute Gasteiger partial charge is 0.290 e. The molecule has 0 aliphatic carbocycles. The Kier molecular flexibility index (Phi) is 6.72. The minimum absolute atomic E-state index is 0. The third-order valence-corrected chi connectivity index (χ3v) is 5.06. The van der Waals surface area contributed by atoms with Gasteiger partial charge >= 0.3 is 0 Å². The average molecular weight is 416 g/mol. The van der Waals surface area contributed by atoms with Crippen LogP contribution >= 0.6 is 28.3 Å². The Balaban J connectivity index is 0.00000208. The second kappa shape index (κ2) is 8.37. The maximum atomic E-state index is 13.1. The van der Waals surface area contributed by atoms with E-state index in [-0.39, 0.29) is 18.3 Å². The number of nitrogens with zero attached hydrogens (tertiary/aromatic N) is 1. The minimum atomic E-state index is 0. The molecule has 6 heteroatoms. The molecule has 2 aromatic rings. The summed E-state index contributed by atoms with van der Waals surface area (Å²) in [6.07, 6.45) is 2.98. The first-order chi connectivity index (χ1) is 11.1. The zero-order valence-corrected chi connectivity index (χ0v) is 16.5. The van der Waals surface area contributed by atoms with Gasteiger partial charge in [-0.05, 0) is 57.5 Å². The van der Waals surface area contributed by atoms with Crippen molar-refractivity contribution in [1.82, 2.24) is 10.2 Å². The summed E-state index contributed by atoms with van der Waals surface area (Å²) in [5, 5.41) is 4.37. The summed E-state index contributed by atoms with van der Waals surface area (Å²) < 4.78 is 6.90. The molecule has 24 heavy (non-hydrogen) atoms. The predicted molar refractivity (Wildman–Crippen MR) is 103 cm³/mol. The Bertz CT molecular complexity index is 710.